The lowest BCUT2D eigenvalue weighted by Crippen LogP contribution is -2.37. The molecule has 0 fully saturated rings. The highest BCUT2D eigenvalue weighted by atomic mass is 16.6. The molecule has 0 saturated carbocycles. The van der Waals surface area contributed by atoms with E-state index in [1.807, 2.05) is 4.68 Å². The number of aliphatic hydroxyl groups excluding tert-OH is 1. The molecule has 2 aliphatic heterocycles. The monoisotopic (exact) mass is 292 g/mol. The molecule has 0 spiro atoms. The van der Waals surface area contributed by atoms with Crippen LogP contribution in [0.2, 0.25) is 0 Å². The SMILES string of the molecule is CCC1=NO[C@H](CN2CCc3c(c(CO)nn3CC)C2)C1. The van der Waals surface area contributed by atoms with Gasteiger partial charge in [-0.1, -0.05) is 12.1 Å². The van der Waals surface area contributed by atoms with Gasteiger partial charge in [0.15, 0.2) is 0 Å². The molecule has 0 aromatic carbocycles. The molecule has 116 valence electrons. The van der Waals surface area contributed by atoms with Gasteiger partial charge in [0.25, 0.3) is 0 Å². The molecule has 1 aromatic rings. The van der Waals surface area contributed by atoms with E-state index in [-0.39, 0.29) is 12.7 Å². The summed E-state index contributed by atoms with van der Waals surface area (Å²) in [5, 5.41) is 18.1. The Bertz CT molecular complexity index is 538. The lowest BCUT2D eigenvalue weighted by atomic mass is 10.0. The third kappa shape index (κ3) is 2.82. The Hall–Kier alpha value is -1.40. The number of oxime groups is 1. The molecule has 6 nitrogen and oxygen atoms in total. The number of hydrogen-bond acceptors (Lipinski definition) is 5. The van der Waals surface area contributed by atoms with Crippen LogP contribution in [-0.4, -0.2) is 44.7 Å². The van der Waals surface area contributed by atoms with Crippen molar-refractivity contribution in [2.75, 3.05) is 13.1 Å². The van der Waals surface area contributed by atoms with E-state index in [0.29, 0.717) is 0 Å². The summed E-state index contributed by atoms with van der Waals surface area (Å²) in [5.41, 5.74) is 4.48. The lowest BCUT2D eigenvalue weighted by Gasteiger charge is -2.29. The minimum Gasteiger partial charge on any atom is -0.391 e. The lowest BCUT2D eigenvalue weighted by molar-refractivity contribution is 0.0484. The van der Waals surface area contributed by atoms with Gasteiger partial charge in [-0.3, -0.25) is 9.58 Å². The topological polar surface area (TPSA) is 62.9 Å². The van der Waals surface area contributed by atoms with Gasteiger partial charge in [0, 0.05) is 50.3 Å². The summed E-state index contributed by atoms with van der Waals surface area (Å²) in [5.74, 6) is 0. The van der Waals surface area contributed by atoms with Gasteiger partial charge in [-0.15, -0.1) is 0 Å². The zero-order valence-electron chi connectivity index (χ0n) is 12.9. The molecule has 0 radical (unpaired) electrons. The molecular formula is C15H24N4O2. The summed E-state index contributed by atoms with van der Waals surface area (Å²) in [7, 11) is 0. The first-order chi connectivity index (χ1) is 10.2. The first-order valence-electron chi connectivity index (χ1n) is 7.87. The molecule has 0 amide bonds. The molecule has 6 heteroatoms. The number of nitrogens with zero attached hydrogens (tertiary/aromatic N) is 4. The third-order valence-electron chi connectivity index (χ3n) is 4.41. The van der Waals surface area contributed by atoms with E-state index in [1.54, 1.807) is 0 Å². The molecule has 0 aliphatic carbocycles. The Kier molecular flexibility index (Phi) is 4.26. The van der Waals surface area contributed by atoms with Gasteiger partial charge in [-0.05, 0) is 13.3 Å². The summed E-state index contributed by atoms with van der Waals surface area (Å²) < 4.78 is 2.03. The molecule has 1 N–H and O–H groups in total. The molecule has 0 saturated heterocycles. The predicted octanol–water partition coefficient (Wildman–Crippen LogP) is 1.31. The minimum absolute atomic E-state index is 0.0200. The fraction of sp³-hybridized carbons (Fsp3) is 0.733. The number of aromatic nitrogens is 2. The van der Waals surface area contributed by atoms with Crippen LogP contribution in [0.4, 0.5) is 0 Å². The van der Waals surface area contributed by atoms with E-state index in [1.165, 1.54) is 11.3 Å². The Morgan fingerprint density at radius 3 is 2.90 bits per heavy atom. The van der Waals surface area contributed by atoms with Crippen LogP contribution in [0, 0.1) is 0 Å². The average Bonchev–Trinajstić information content (AvgIpc) is 3.10. The molecule has 2 aliphatic rings. The Labute approximate surface area is 125 Å². The van der Waals surface area contributed by atoms with Crippen molar-refractivity contribution in [3.05, 3.63) is 17.0 Å². The van der Waals surface area contributed by atoms with E-state index in [9.17, 15) is 5.11 Å². The van der Waals surface area contributed by atoms with Crippen molar-refractivity contribution in [3.8, 4) is 0 Å². The van der Waals surface area contributed by atoms with Crippen LogP contribution in [0.5, 0.6) is 0 Å². The summed E-state index contributed by atoms with van der Waals surface area (Å²) in [6.07, 6.45) is 3.09. The molecule has 0 unspecified atom stereocenters. The summed E-state index contributed by atoms with van der Waals surface area (Å²) in [6, 6.07) is 0. The van der Waals surface area contributed by atoms with Crippen molar-refractivity contribution >= 4 is 5.71 Å². The van der Waals surface area contributed by atoms with Crippen molar-refractivity contribution in [1.29, 1.82) is 0 Å². The average molecular weight is 292 g/mol. The quantitative estimate of drug-likeness (QED) is 0.889. The second-order valence-corrected chi connectivity index (χ2v) is 5.77. The van der Waals surface area contributed by atoms with Crippen LogP contribution < -0.4 is 0 Å². The first-order valence-corrected chi connectivity index (χ1v) is 7.87. The van der Waals surface area contributed by atoms with Crippen molar-refractivity contribution in [2.24, 2.45) is 5.16 Å². The van der Waals surface area contributed by atoms with Gasteiger partial charge in [-0.25, -0.2) is 0 Å². The zero-order valence-corrected chi connectivity index (χ0v) is 12.9. The standard InChI is InChI=1S/C15H24N4O2/c1-3-11-7-12(21-17-11)8-18-6-5-15-13(9-18)14(10-20)16-19(15)4-2/h12,20H,3-10H2,1-2H3/t12-/m0/s1. The molecule has 0 bridgehead atoms. The molecule has 3 rings (SSSR count). The van der Waals surface area contributed by atoms with E-state index in [0.717, 1.165) is 56.8 Å². The number of hydrogen-bond donors (Lipinski definition) is 1. The highest BCUT2D eigenvalue weighted by molar-refractivity contribution is 5.85. The maximum absolute atomic E-state index is 9.50. The Morgan fingerprint density at radius 2 is 2.24 bits per heavy atom. The Balaban J connectivity index is 1.66. The molecule has 1 aromatic heterocycles. The summed E-state index contributed by atoms with van der Waals surface area (Å²) >= 11 is 0. The van der Waals surface area contributed by atoms with Gasteiger partial charge in [0.1, 0.15) is 6.10 Å². The van der Waals surface area contributed by atoms with Crippen molar-refractivity contribution < 1.29 is 9.94 Å². The highest BCUT2D eigenvalue weighted by Gasteiger charge is 2.28. The molecule has 3 heterocycles. The maximum atomic E-state index is 9.50. The van der Waals surface area contributed by atoms with Crippen LogP contribution in [0.25, 0.3) is 0 Å². The number of fused-ring (bicyclic) bond motifs is 1. The van der Waals surface area contributed by atoms with Crippen LogP contribution in [0.3, 0.4) is 0 Å². The van der Waals surface area contributed by atoms with Gasteiger partial charge >= 0.3 is 0 Å². The van der Waals surface area contributed by atoms with E-state index >= 15 is 0 Å². The summed E-state index contributed by atoms with van der Waals surface area (Å²) in [6.45, 7) is 7.86. The van der Waals surface area contributed by atoms with Crippen molar-refractivity contribution in [2.45, 2.75) is 58.9 Å². The highest BCUT2D eigenvalue weighted by Crippen LogP contribution is 2.24. The predicted molar refractivity (Wildman–Crippen MR) is 80.0 cm³/mol. The van der Waals surface area contributed by atoms with Gasteiger partial charge in [0.05, 0.1) is 18.0 Å². The van der Waals surface area contributed by atoms with Crippen LogP contribution in [-0.2, 0) is 31.0 Å². The fourth-order valence-corrected chi connectivity index (χ4v) is 3.24. The number of aryl methyl sites for hydroxylation is 1. The molecule has 21 heavy (non-hydrogen) atoms. The molecular weight excluding hydrogens is 268 g/mol. The zero-order chi connectivity index (χ0) is 14.8. The molecule has 1 atom stereocenters. The first kappa shape index (κ1) is 14.5. The van der Waals surface area contributed by atoms with E-state index in [4.69, 9.17) is 4.84 Å². The Morgan fingerprint density at radius 1 is 1.38 bits per heavy atom. The van der Waals surface area contributed by atoms with Crippen LogP contribution in [0.15, 0.2) is 5.16 Å². The van der Waals surface area contributed by atoms with E-state index < -0.39 is 0 Å². The van der Waals surface area contributed by atoms with Crippen LogP contribution in [0.1, 0.15) is 43.6 Å². The fourth-order valence-electron chi connectivity index (χ4n) is 3.24. The largest absolute Gasteiger partial charge is 0.391 e. The minimum atomic E-state index is 0.0200. The second kappa shape index (κ2) is 6.15. The maximum Gasteiger partial charge on any atom is 0.145 e. The number of aliphatic hydroxyl groups is 1. The smallest absolute Gasteiger partial charge is 0.145 e. The van der Waals surface area contributed by atoms with E-state index in [2.05, 4.69) is 29.0 Å². The third-order valence-corrected chi connectivity index (χ3v) is 4.41. The second-order valence-electron chi connectivity index (χ2n) is 5.77. The van der Waals surface area contributed by atoms with Crippen molar-refractivity contribution in [1.82, 2.24) is 14.7 Å². The van der Waals surface area contributed by atoms with Gasteiger partial charge in [-0.2, -0.15) is 5.10 Å². The normalized spacial score (nSPS) is 22.0. The summed E-state index contributed by atoms with van der Waals surface area (Å²) in [4.78, 5) is 7.90. The number of rotatable bonds is 5. The van der Waals surface area contributed by atoms with Crippen molar-refractivity contribution in [3.63, 3.8) is 0 Å². The van der Waals surface area contributed by atoms with Gasteiger partial charge < -0.3 is 9.94 Å². The van der Waals surface area contributed by atoms with Gasteiger partial charge in [0.2, 0.25) is 0 Å². The van der Waals surface area contributed by atoms with Crippen LogP contribution >= 0.6 is 0 Å².